The Labute approximate surface area is 162 Å². The number of anilines is 1. The first-order valence-electron chi connectivity index (χ1n) is 8.36. The summed E-state index contributed by atoms with van der Waals surface area (Å²) in [4.78, 5) is 16.1. The monoisotopic (exact) mass is 426 g/mol. The van der Waals surface area contributed by atoms with Crippen molar-refractivity contribution in [1.82, 2.24) is 10.6 Å². The second-order valence-corrected chi connectivity index (χ2v) is 7.44. The van der Waals surface area contributed by atoms with Gasteiger partial charge in [0.15, 0.2) is 5.78 Å². The first-order valence-corrected chi connectivity index (χ1v) is 9.53. The van der Waals surface area contributed by atoms with Crippen LogP contribution in [0.15, 0.2) is 33.5 Å². The molecule has 1 aromatic rings. The number of rotatable bonds is 7. The number of Topliss-reactive ketones (excluding diaryl/α,β-unsaturated/α-hetero) is 1. The van der Waals surface area contributed by atoms with Crippen LogP contribution in [0.1, 0.15) is 49.5 Å². The molecule has 5 nitrogen and oxygen atoms in total. The lowest BCUT2D eigenvalue weighted by atomic mass is 10.1. The Balaban J connectivity index is 2.19. The fraction of sp³-hybridized carbons (Fsp3) is 0.444. The van der Waals surface area contributed by atoms with Crippen LogP contribution < -0.4 is 16.0 Å². The van der Waals surface area contributed by atoms with Crippen LogP contribution in [-0.2, 0) is 0 Å². The highest BCUT2D eigenvalue weighted by Crippen LogP contribution is 2.29. The van der Waals surface area contributed by atoms with Crippen LogP contribution in [0.4, 0.5) is 5.69 Å². The molecule has 1 aromatic carbocycles. The normalized spacial score (nSPS) is 19.4. The maximum Gasteiger partial charge on any atom is 0.287 e. The molecule has 0 saturated heterocycles. The highest BCUT2D eigenvalue weighted by atomic mass is 79.9. The van der Waals surface area contributed by atoms with Crippen molar-refractivity contribution < 1.29 is 4.79 Å². The van der Waals surface area contributed by atoms with Gasteiger partial charge in [-0.15, -0.1) is 0 Å². The number of benzene rings is 1. The van der Waals surface area contributed by atoms with Crippen LogP contribution in [-0.4, -0.2) is 23.3 Å². The van der Waals surface area contributed by atoms with Crippen molar-refractivity contribution in [2.75, 3.05) is 5.32 Å². The Kier molecular flexibility index (Phi) is 6.52. The predicted octanol–water partition coefficient (Wildman–Crippen LogP) is 4.52. The summed E-state index contributed by atoms with van der Waals surface area (Å²) in [5.41, 5.74) is 2.27. The van der Waals surface area contributed by atoms with Crippen LogP contribution in [0.5, 0.6) is 0 Å². The fourth-order valence-corrected chi connectivity index (χ4v) is 3.39. The smallest absolute Gasteiger partial charge is 0.287 e. The van der Waals surface area contributed by atoms with Crippen LogP contribution in [0.3, 0.4) is 0 Å². The molecule has 0 aromatic heterocycles. The number of ketones is 1. The molecular formula is C18H24BrClN4O. The minimum absolute atomic E-state index is 0.0154. The third kappa shape index (κ3) is 4.98. The van der Waals surface area contributed by atoms with Gasteiger partial charge in [-0.25, -0.2) is 4.99 Å². The van der Waals surface area contributed by atoms with Crippen molar-refractivity contribution >= 4 is 45.2 Å². The molecule has 136 valence electrons. The lowest BCUT2D eigenvalue weighted by molar-refractivity contribution is 0.101. The summed E-state index contributed by atoms with van der Waals surface area (Å²) >= 11 is 10.1. The SMILES string of the molecule is CCC(CC)NC1=CC=NC(Cl)(Nc2cc(C)c(Br)c(C(C)=O)c2)N1. The standard InChI is InChI=1S/C18H24BrClN4O/c1-5-13(6-2)22-16-7-8-21-18(20,24-16)23-14-9-11(3)17(19)15(10-14)12(4)25/h7-10,13,22-24H,5-6H2,1-4H3. The van der Waals surface area contributed by atoms with Crippen molar-refractivity contribution in [2.24, 2.45) is 4.99 Å². The number of hydrogen-bond donors (Lipinski definition) is 3. The molecule has 1 atom stereocenters. The van der Waals surface area contributed by atoms with Gasteiger partial charge in [-0.3, -0.25) is 4.79 Å². The molecular weight excluding hydrogens is 404 g/mol. The number of hydrogen-bond acceptors (Lipinski definition) is 5. The lowest BCUT2D eigenvalue weighted by Gasteiger charge is -2.32. The number of nitrogens with zero attached hydrogens (tertiary/aromatic N) is 1. The molecule has 0 fully saturated rings. The number of nitrogens with one attached hydrogen (secondary N) is 3. The number of carbonyl (C=O) groups is 1. The second kappa shape index (κ2) is 8.23. The molecule has 1 aliphatic rings. The number of allylic oxidation sites excluding steroid dienone is 1. The first kappa shape index (κ1) is 19.8. The highest BCUT2D eigenvalue weighted by Gasteiger charge is 2.29. The summed E-state index contributed by atoms with van der Waals surface area (Å²) in [7, 11) is 0. The summed E-state index contributed by atoms with van der Waals surface area (Å²) < 4.78 is 0.797. The fourth-order valence-electron chi connectivity index (χ4n) is 2.62. The van der Waals surface area contributed by atoms with E-state index < -0.39 is 5.25 Å². The van der Waals surface area contributed by atoms with Gasteiger partial charge < -0.3 is 16.0 Å². The van der Waals surface area contributed by atoms with Crippen LogP contribution in [0, 0.1) is 6.92 Å². The summed E-state index contributed by atoms with van der Waals surface area (Å²) in [6.07, 6.45) is 5.56. The Bertz CT molecular complexity index is 715. The van der Waals surface area contributed by atoms with Gasteiger partial charge in [-0.05, 0) is 78.0 Å². The zero-order chi connectivity index (χ0) is 18.6. The Hall–Kier alpha value is -1.53. The summed E-state index contributed by atoms with van der Waals surface area (Å²) in [6.45, 7) is 7.74. The molecule has 25 heavy (non-hydrogen) atoms. The maximum absolute atomic E-state index is 11.8. The van der Waals surface area contributed by atoms with E-state index in [4.69, 9.17) is 11.6 Å². The quantitative estimate of drug-likeness (QED) is 0.340. The molecule has 7 heteroatoms. The van der Waals surface area contributed by atoms with Gasteiger partial charge in [0.2, 0.25) is 0 Å². The minimum atomic E-state index is -1.21. The van der Waals surface area contributed by atoms with Crippen LogP contribution >= 0.6 is 27.5 Å². The third-order valence-electron chi connectivity index (χ3n) is 4.08. The molecule has 0 radical (unpaired) electrons. The number of alkyl halides is 1. The Morgan fingerprint density at radius 3 is 2.68 bits per heavy atom. The molecule has 0 saturated carbocycles. The van der Waals surface area contributed by atoms with E-state index in [-0.39, 0.29) is 5.78 Å². The zero-order valence-electron chi connectivity index (χ0n) is 14.9. The van der Waals surface area contributed by atoms with E-state index in [1.165, 1.54) is 6.92 Å². The van der Waals surface area contributed by atoms with E-state index >= 15 is 0 Å². The van der Waals surface area contributed by atoms with E-state index in [2.05, 4.69) is 50.7 Å². The van der Waals surface area contributed by atoms with Crippen molar-refractivity contribution in [3.8, 4) is 0 Å². The van der Waals surface area contributed by atoms with E-state index in [1.54, 1.807) is 12.3 Å². The Morgan fingerprint density at radius 1 is 1.40 bits per heavy atom. The first-order chi connectivity index (χ1) is 11.8. The van der Waals surface area contributed by atoms with Gasteiger partial charge in [0.25, 0.3) is 5.25 Å². The largest absolute Gasteiger partial charge is 0.369 e. The summed E-state index contributed by atoms with van der Waals surface area (Å²) in [6, 6.07) is 4.06. The molecule has 1 heterocycles. The molecule has 0 bridgehead atoms. The zero-order valence-corrected chi connectivity index (χ0v) is 17.3. The van der Waals surface area contributed by atoms with Gasteiger partial charge in [-0.1, -0.05) is 13.8 Å². The highest BCUT2D eigenvalue weighted by molar-refractivity contribution is 9.10. The van der Waals surface area contributed by atoms with E-state index in [0.717, 1.165) is 28.7 Å². The average molecular weight is 428 g/mol. The Morgan fingerprint density at radius 2 is 2.08 bits per heavy atom. The van der Waals surface area contributed by atoms with Crippen LogP contribution in [0.2, 0.25) is 0 Å². The molecule has 3 N–H and O–H groups in total. The molecule has 0 aliphatic carbocycles. The number of halogens is 2. The number of aryl methyl sites for hydroxylation is 1. The maximum atomic E-state index is 11.8. The molecule has 0 amide bonds. The van der Waals surface area contributed by atoms with Gasteiger partial charge in [-0.2, -0.15) is 0 Å². The van der Waals surface area contributed by atoms with Gasteiger partial charge >= 0.3 is 0 Å². The third-order valence-corrected chi connectivity index (χ3v) is 5.42. The van der Waals surface area contributed by atoms with Crippen molar-refractivity contribution in [2.45, 2.75) is 51.8 Å². The molecule has 2 rings (SSSR count). The van der Waals surface area contributed by atoms with E-state index in [0.29, 0.717) is 17.3 Å². The molecule has 1 unspecified atom stereocenters. The van der Waals surface area contributed by atoms with Gasteiger partial charge in [0, 0.05) is 28.0 Å². The average Bonchev–Trinajstić information content (AvgIpc) is 2.55. The molecule has 0 spiro atoms. The minimum Gasteiger partial charge on any atom is -0.369 e. The van der Waals surface area contributed by atoms with Crippen molar-refractivity contribution in [3.05, 3.63) is 39.6 Å². The number of carbonyl (C=O) groups excluding carboxylic acids is 1. The van der Waals surface area contributed by atoms with Crippen LogP contribution in [0.25, 0.3) is 0 Å². The van der Waals surface area contributed by atoms with Gasteiger partial charge in [0.1, 0.15) is 5.82 Å². The lowest BCUT2D eigenvalue weighted by Crippen LogP contribution is -2.50. The second-order valence-electron chi connectivity index (χ2n) is 6.10. The van der Waals surface area contributed by atoms with Gasteiger partial charge in [0.05, 0.1) is 0 Å². The molecule has 1 aliphatic heterocycles. The topological polar surface area (TPSA) is 65.5 Å². The van der Waals surface area contributed by atoms with E-state index in [1.807, 2.05) is 19.1 Å². The van der Waals surface area contributed by atoms with Crippen molar-refractivity contribution in [1.29, 1.82) is 0 Å². The summed E-state index contributed by atoms with van der Waals surface area (Å²) in [5.74, 6) is 0.796. The number of aliphatic imine (C=N–C) groups is 1. The van der Waals surface area contributed by atoms with Crippen molar-refractivity contribution in [3.63, 3.8) is 0 Å². The predicted molar refractivity (Wildman–Crippen MR) is 108 cm³/mol. The summed E-state index contributed by atoms with van der Waals surface area (Å²) in [5, 5.41) is 8.54. The van der Waals surface area contributed by atoms with E-state index in [9.17, 15) is 4.79 Å².